The molecule has 2 saturated heterocycles. The summed E-state index contributed by atoms with van der Waals surface area (Å²) in [6.07, 6.45) is 5.61. The second kappa shape index (κ2) is 6.22. The number of aromatic nitrogens is 2. The molecule has 1 unspecified atom stereocenters. The Morgan fingerprint density at radius 2 is 2.12 bits per heavy atom. The third-order valence-electron chi connectivity index (χ3n) is 5.19. The molecule has 0 aromatic carbocycles. The lowest BCUT2D eigenvalue weighted by Gasteiger charge is -2.38. The number of thiophene rings is 1. The molecule has 2 aliphatic rings. The zero-order chi connectivity index (χ0) is 17.4. The normalized spacial score (nSPS) is 23.5. The summed E-state index contributed by atoms with van der Waals surface area (Å²) in [4.78, 5) is 37.9. The highest BCUT2D eigenvalue weighted by Gasteiger charge is 2.50. The highest BCUT2D eigenvalue weighted by atomic mass is 32.1. The van der Waals surface area contributed by atoms with Crippen LogP contribution in [-0.2, 0) is 4.79 Å². The fourth-order valence-corrected chi connectivity index (χ4v) is 4.47. The van der Waals surface area contributed by atoms with Gasteiger partial charge in [-0.15, -0.1) is 0 Å². The SMILES string of the molecule is Cc1cnc(C(=O)N2CCCC3(CCN(c4ccsc4)C3=O)C2)cn1. The number of likely N-dealkylation sites (tertiary alicyclic amines) is 1. The van der Waals surface area contributed by atoms with Gasteiger partial charge in [0.05, 0.1) is 23.0 Å². The molecule has 0 radical (unpaired) electrons. The molecule has 0 saturated carbocycles. The third-order valence-corrected chi connectivity index (χ3v) is 5.87. The Hall–Kier alpha value is -2.28. The van der Waals surface area contributed by atoms with Crippen LogP contribution in [0, 0.1) is 12.3 Å². The molecule has 2 aromatic rings. The van der Waals surface area contributed by atoms with Crippen molar-refractivity contribution in [2.24, 2.45) is 5.41 Å². The molecule has 4 heterocycles. The molecule has 6 nitrogen and oxygen atoms in total. The number of anilines is 1. The van der Waals surface area contributed by atoms with Crippen molar-refractivity contribution in [3.05, 3.63) is 40.6 Å². The molecule has 0 N–H and O–H groups in total. The van der Waals surface area contributed by atoms with Gasteiger partial charge in [0.25, 0.3) is 5.91 Å². The fraction of sp³-hybridized carbons (Fsp3) is 0.444. The van der Waals surface area contributed by atoms with Crippen LogP contribution in [0.2, 0.25) is 0 Å². The van der Waals surface area contributed by atoms with E-state index in [1.807, 2.05) is 28.7 Å². The van der Waals surface area contributed by atoms with E-state index in [4.69, 9.17) is 0 Å². The van der Waals surface area contributed by atoms with E-state index in [0.29, 0.717) is 18.8 Å². The maximum Gasteiger partial charge on any atom is 0.274 e. The van der Waals surface area contributed by atoms with Crippen LogP contribution in [0.15, 0.2) is 29.2 Å². The van der Waals surface area contributed by atoms with Gasteiger partial charge >= 0.3 is 0 Å². The molecule has 4 rings (SSSR count). The first kappa shape index (κ1) is 16.2. The second-order valence-corrected chi connectivity index (χ2v) is 7.62. The minimum Gasteiger partial charge on any atom is -0.336 e. The van der Waals surface area contributed by atoms with Crippen molar-refractivity contribution in [1.82, 2.24) is 14.9 Å². The van der Waals surface area contributed by atoms with E-state index in [9.17, 15) is 9.59 Å². The van der Waals surface area contributed by atoms with E-state index < -0.39 is 5.41 Å². The number of carbonyl (C=O) groups is 2. The maximum atomic E-state index is 13.1. The van der Waals surface area contributed by atoms with E-state index in [2.05, 4.69) is 9.97 Å². The topological polar surface area (TPSA) is 66.4 Å². The van der Waals surface area contributed by atoms with Gasteiger partial charge in [-0.2, -0.15) is 11.3 Å². The van der Waals surface area contributed by atoms with Gasteiger partial charge in [0, 0.05) is 31.2 Å². The summed E-state index contributed by atoms with van der Waals surface area (Å²) in [7, 11) is 0. The van der Waals surface area contributed by atoms with Gasteiger partial charge in [-0.25, -0.2) is 4.98 Å². The molecule has 130 valence electrons. The van der Waals surface area contributed by atoms with Gasteiger partial charge in [-0.3, -0.25) is 14.6 Å². The Morgan fingerprint density at radius 3 is 2.84 bits per heavy atom. The largest absolute Gasteiger partial charge is 0.336 e. The highest BCUT2D eigenvalue weighted by Crippen LogP contribution is 2.42. The van der Waals surface area contributed by atoms with E-state index >= 15 is 0 Å². The smallest absolute Gasteiger partial charge is 0.274 e. The van der Waals surface area contributed by atoms with Crippen molar-refractivity contribution in [2.75, 3.05) is 24.5 Å². The maximum absolute atomic E-state index is 13.1. The van der Waals surface area contributed by atoms with Gasteiger partial charge in [0.1, 0.15) is 5.69 Å². The molecule has 7 heteroatoms. The summed E-state index contributed by atoms with van der Waals surface area (Å²) in [5.74, 6) is 0.0201. The highest BCUT2D eigenvalue weighted by molar-refractivity contribution is 7.08. The van der Waals surface area contributed by atoms with Crippen LogP contribution >= 0.6 is 11.3 Å². The zero-order valence-electron chi connectivity index (χ0n) is 14.1. The Labute approximate surface area is 150 Å². The predicted molar refractivity (Wildman–Crippen MR) is 95.6 cm³/mol. The van der Waals surface area contributed by atoms with Gasteiger partial charge in [-0.1, -0.05) is 0 Å². The Balaban J connectivity index is 1.54. The van der Waals surface area contributed by atoms with Gasteiger partial charge in [0.2, 0.25) is 5.91 Å². The Morgan fingerprint density at radius 1 is 1.24 bits per heavy atom. The molecule has 2 amide bonds. The summed E-state index contributed by atoms with van der Waals surface area (Å²) < 4.78 is 0. The number of hydrogen-bond donors (Lipinski definition) is 0. The molecule has 0 aliphatic carbocycles. The third kappa shape index (κ3) is 2.82. The zero-order valence-corrected chi connectivity index (χ0v) is 15.0. The van der Waals surface area contributed by atoms with Crippen LogP contribution in [0.4, 0.5) is 5.69 Å². The van der Waals surface area contributed by atoms with Gasteiger partial charge in [-0.05, 0) is 37.6 Å². The molecular weight excluding hydrogens is 336 g/mol. The van der Waals surface area contributed by atoms with Crippen molar-refractivity contribution < 1.29 is 9.59 Å². The molecule has 1 spiro atoms. The van der Waals surface area contributed by atoms with E-state index in [1.54, 1.807) is 22.4 Å². The van der Waals surface area contributed by atoms with Crippen molar-refractivity contribution in [3.63, 3.8) is 0 Å². The summed E-state index contributed by atoms with van der Waals surface area (Å²) in [5.41, 5.74) is 1.65. The number of nitrogens with zero attached hydrogens (tertiary/aromatic N) is 4. The summed E-state index contributed by atoms with van der Waals surface area (Å²) in [6.45, 7) is 3.71. The van der Waals surface area contributed by atoms with Crippen molar-refractivity contribution in [3.8, 4) is 0 Å². The van der Waals surface area contributed by atoms with Crippen LogP contribution in [0.5, 0.6) is 0 Å². The Bertz CT molecular complexity index is 790. The number of amides is 2. The second-order valence-electron chi connectivity index (χ2n) is 6.84. The summed E-state index contributed by atoms with van der Waals surface area (Å²) in [5, 5.41) is 3.99. The minimum absolute atomic E-state index is 0.131. The molecule has 1 atom stereocenters. The minimum atomic E-state index is -0.450. The van der Waals surface area contributed by atoms with Crippen LogP contribution < -0.4 is 4.90 Å². The number of hydrogen-bond acceptors (Lipinski definition) is 5. The van der Waals surface area contributed by atoms with Crippen LogP contribution in [0.25, 0.3) is 0 Å². The van der Waals surface area contributed by atoms with Crippen LogP contribution in [-0.4, -0.2) is 46.3 Å². The number of carbonyl (C=O) groups excluding carboxylic acids is 2. The lowest BCUT2D eigenvalue weighted by atomic mass is 9.78. The molecule has 2 aliphatic heterocycles. The van der Waals surface area contributed by atoms with Crippen molar-refractivity contribution >= 4 is 28.8 Å². The predicted octanol–water partition coefficient (Wildman–Crippen LogP) is 2.51. The first-order valence-electron chi connectivity index (χ1n) is 8.51. The molecule has 2 fully saturated rings. The average molecular weight is 356 g/mol. The van der Waals surface area contributed by atoms with Crippen LogP contribution in [0.1, 0.15) is 35.4 Å². The lowest BCUT2D eigenvalue weighted by Crippen LogP contribution is -2.50. The van der Waals surface area contributed by atoms with E-state index in [0.717, 1.165) is 37.2 Å². The monoisotopic (exact) mass is 356 g/mol. The molecular formula is C18H20N4O2S. The number of aryl methyl sites for hydroxylation is 1. The van der Waals surface area contributed by atoms with E-state index in [1.165, 1.54) is 6.20 Å². The van der Waals surface area contributed by atoms with Crippen molar-refractivity contribution in [2.45, 2.75) is 26.2 Å². The molecule has 2 aromatic heterocycles. The average Bonchev–Trinajstić information content (AvgIpc) is 3.25. The fourth-order valence-electron chi connectivity index (χ4n) is 3.83. The van der Waals surface area contributed by atoms with Gasteiger partial charge < -0.3 is 9.80 Å². The number of rotatable bonds is 2. The van der Waals surface area contributed by atoms with Crippen molar-refractivity contribution in [1.29, 1.82) is 0 Å². The summed E-state index contributed by atoms with van der Waals surface area (Å²) >= 11 is 1.59. The summed E-state index contributed by atoms with van der Waals surface area (Å²) in [6, 6.07) is 1.98. The quantitative estimate of drug-likeness (QED) is 0.829. The van der Waals surface area contributed by atoms with E-state index in [-0.39, 0.29) is 11.8 Å². The molecule has 0 bridgehead atoms. The van der Waals surface area contributed by atoms with Gasteiger partial charge in [0.15, 0.2) is 0 Å². The first-order valence-corrected chi connectivity index (χ1v) is 9.45. The lowest BCUT2D eigenvalue weighted by molar-refractivity contribution is -0.127. The Kier molecular flexibility index (Phi) is 4.03. The molecule has 25 heavy (non-hydrogen) atoms. The standard InChI is InChI=1S/C18H20N4O2S/c1-13-9-20-15(10-19-13)16(23)21-6-2-4-18(12-21)5-7-22(17(18)24)14-3-8-25-11-14/h3,8-11H,2,4-7,12H2,1H3. The number of piperidine rings is 1. The van der Waals surface area contributed by atoms with Crippen LogP contribution in [0.3, 0.4) is 0 Å². The first-order chi connectivity index (χ1) is 12.1.